The molecule has 0 fully saturated rings. The number of benzene rings is 1. The van der Waals surface area contributed by atoms with Gasteiger partial charge >= 0.3 is 0 Å². The molecule has 108 valence electrons. The number of carbonyl (C=O) groups is 1. The SMILES string of the molecule is Cc1c(C(=O)NCC(O)C(F)F)sc2cccc(F)c12. The Hall–Kier alpha value is -1.60. The van der Waals surface area contributed by atoms with Crippen LogP contribution >= 0.6 is 11.3 Å². The molecule has 0 saturated heterocycles. The molecule has 2 aromatic rings. The number of amides is 1. The maximum Gasteiger partial charge on any atom is 0.265 e. The molecule has 1 aromatic heterocycles. The predicted octanol–water partition coefficient (Wildman–Crippen LogP) is 2.70. The van der Waals surface area contributed by atoms with Gasteiger partial charge in [-0.05, 0) is 24.6 Å². The van der Waals surface area contributed by atoms with Crippen LogP contribution in [-0.4, -0.2) is 30.1 Å². The third kappa shape index (κ3) is 2.78. The molecule has 1 unspecified atom stereocenters. The van der Waals surface area contributed by atoms with Gasteiger partial charge < -0.3 is 10.4 Å². The molecule has 1 heterocycles. The zero-order valence-electron chi connectivity index (χ0n) is 10.5. The lowest BCUT2D eigenvalue weighted by Crippen LogP contribution is -2.35. The molecule has 1 amide bonds. The molecule has 0 saturated carbocycles. The molecule has 0 spiro atoms. The molecule has 2 rings (SSSR count). The molecule has 0 aliphatic carbocycles. The molecule has 0 bridgehead atoms. The van der Waals surface area contributed by atoms with Gasteiger partial charge in [0.1, 0.15) is 11.9 Å². The van der Waals surface area contributed by atoms with Gasteiger partial charge in [0.25, 0.3) is 12.3 Å². The Labute approximate surface area is 117 Å². The highest BCUT2D eigenvalue weighted by Gasteiger charge is 2.21. The molecular formula is C13H12F3NO2S. The Morgan fingerprint density at radius 2 is 2.15 bits per heavy atom. The van der Waals surface area contributed by atoms with Gasteiger partial charge in [-0.15, -0.1) is 11.3 Å². The van der Waals surface area contributed by atoms with Crippen molar-refractivity contribution >= 4 is 27.3 Å². The molecule has 1 atom stereocenters. The fraction of sp³-hybridized carbons (Fsp3) is 0.308. The lowest BCUT2D eigenvalue weighted by molar-refractivity contribution is -0.00268. The average Bonchev–Trinajstić information content (AvgIpc) is 2.74. The van der Waals surface area contributed by atoms with Gasteiger partial charge in [-0.25, -0.2) is 13.2 Å². The first kappa shape index (κ1) is 14.8. The van der Waals surface area contributed by atoms with Crippen molar-refractivity contribution in [2.24, 2.45) is 0 Å². The number of nitrogens with one attached hydrogen (secondary N) is 1. The Morgan fingerprint density at radius 3 is 2.75 bits per heavy atom. The van der Waals surface area contributed by atoms with Gasteiger partial charge in [0.15, 0.2) is 0 Å². The van der Waals surface area contributed by atoms with Gasteiger partial charge in [-0.1, -0.05) is 6.07 Å². The van der Waals surface area contributed by atoms with Crippen LogP contribution in [0.1, 0.15) is 15.2 Å². The largest absolute Gasteiger partial charge is 0.385 e. The smallest absolute Gasteiger partial charge is 0.265 e. The number of alkyl halides is 2. The number of hydrogen-bond acceptors (Lipinski definition) is 3. The van der Waals surface area contributed by atoms with E-state index in [4.69, 9.17) is 5.11 Å². The van der Waals surface area contributed by atoms with Crippen LogP contribution in [0, 0.1) is 12.7 Å². The van der Waals surface area contributed by atoms with Crippen LogP contribution in [0.3, 0.4) is 0 Å². The molecule has 0 radical (unpaired) electrons. The maximum atomic E-state index is 13.7. The minimum Gasteiger partial charge on any atom is -0.385 e. The highest BCUT2D eigenvalue weighted by atomic mass is 32.1. The van der Waals surface area contributed by atoms with E-state index in [9.17, 15) is 18.0 Å². The van der Waals surface area contributed by atoms with Gasteiger partial charge in [-0.3, -0.25) is 4.79 Å². The number of aryl methyl sites for hydroxylation is 1. The van der Waals surface area contributed by atoms with E-state index in [1.807, 2.05) is 0 Å². The summed E-state index contributed by atoms with van der Waals surface area (Å²) in [5.74, 6) is -1.02. The second-order valence-corrected chi connectivity index (χ2v) is 5.33. The van der Waals surface area contributed by atoms with Gasteiger partial charge in [0.2, 0.25) is 0 Å². The normalized spacial score (nSPS) is 12.9. The van der Waals surface area contributed by atoms with Crippen molar-refractivity contribution in [1.29, 1.82) is 0 Å². The molecule has 2 N–H and O–H groups in total. The highest BCUT2D eigenvalue weighted by Crippen LogP contribution is 2.32. The van der Waals surface area contributed by atoms with E-state index in [1.54, 1.807) is 13.0 Å². The summed E-state index contributed by atoms with van der Waals surface area (Å²) >= 11 is 1.09. The third-order valence-corrected chi connectivity index (χ3v) is 4.13. The summed E-state index contributed by atoms with van der Waals surface area (Å²) in [5.41, 5.74) is 0.465. The number of thiophene rings is 1. The molecule has 20 heavy (non-hydrogen) atoms. The first-order valence-electron chi connectivity index (χ1n) is 5.84. The second-order valence-electron chi connectivity index (χ2n) is 4.28. The predicted molar refractivity (Wildman–Crippen MR) is 70.9 cm³/mol. The zero-order valence-corrected chi connectivity index (χ0v) is 11.3. The van der Waals surface area contributed by atoms with E-state index in [2.05, 4.69) is 5.32 Å². The quantitative estimate of drug-likeness (QED) is 0.912. The van der Waals surface area contributed by atoms with Crippen LogP contribution in [0.2, 0.25) is 0 Å². The summed E-state index contributed by atoms with van der Waals surface area (Å²) in [4.78, 5) is 12.2. The van der Waals surface area contributed by atoms with Crippen molar-refractivity contribution in [2.45, 2.75) is 19.5 Å². The van der Waals surface area contributed by atoms with Crippen LogP contribution in [0.5, 0.6) is 0 Å². The second kappa shape index (κ2) is 5.80. The Morgan fingerprint density at radius 1 is 1.45 bits per heavy atom. The van der Waals surface area contributed by atoms with Crippen LogP contribution in [-0.2, 0) is 0 Å². The fourth-order valence-electron chi connectivity index (χ4n) is 1.84. The van der Waals surface area contributed by atoms with Crippen LogP contribution < -0.4 is 5.32 Å². The summed E-state index contributed by atoms with van der Waals surface area (Å²) < 4.78 is 38.6. The van der Waals surface area contributed by atoms with Crippen molar-refractivity contribution in [2.75, 3.05) is 6.54 Å². The van der Waals surface area contributed by atoms with E-state index in [0.717, 1.165) is 11.3 Å². The van der Waals surface area contributed by atoms with E-state index in [-0.39, 0.29) is 4.88 Å². The number of halogens is 3. The fourth-order valence-corrected chi connectivity index (χ4v) is 2.98. The van der Waals surface area contributed by atoms with Crippen molar-refractivity contribution in [3.8, 4) is 0 Å². The van der Waals surface area contributed by atoms with Crippen LogP contribution in [0.4, 0.5) is 13.2 Å². The number of aliphatic hydroxyl groups is 1. The van der Waals surface area contributed by atoms with Gasteiger partial charge in [0, 0.05) is 16.6 Å². The van der Waals surface area contributed by atoms with E-state index in [0.29, 0.717) is 15.6 Å². The highest BCUT2D eigenvalue weighted by molar-refractivity contribution is 7.21. The molecule has 0 aliphatic heterocycles. The maximum absolute atomic E-state index is 13.7. The summed E-state index contributed by atoms with van der Waals surface area (Å²) in [5, 5.41) is 11.5. The molecule has 0 aliphatic rings. The summed E-state index contributed by atoms with van der Waals surface area (Å²) in [6, 6.07) is 4.51. The van der Waals surface area contributed by atoms with Crippen molar-refractivity contribution in [3.63, 3.8) is 0 Å². The van der Waals surface area contributed by atoms with Crippen LogP contribution in [0.25, 0.3) is 10.1 Å². The van der Waals surface area contributed by atoms with Crippen molar-refractivity contribution in [3.05, 3.63) is 34.5 Å². The average molecular weight is 303 g/mol. The topological polar surface area (TPSA) is 49.3 Å². The number of aliphatic hydroxyl groups excluding tert-OH is 1. The summed E-state index contributed by atoms with van der Waals surface area (Å²) in [7, 11) is 0. The summed E-state index contributed by atoms with van der Waals surface area (Å²) in [6.45, 7) is 1.05. The lowest BCUT2D eigenvalue weighted by atomic mass is 10.1. The summed E-state index contributed by atoms with van der Waals surface area (Å²) in [6.07, 6.45) is -4.83. The van der Waals surface area contributed by atoms with E-state index in [1.165, 1.54) is 12.1 Å². The monoisotopic (exact) mass is 303 g/mol. The first-order valence-corrected chi connectivity index (χ1v) is 6.65. The van der Waals surface area contributed by atoms with E-state index < -0.39 is 30.8 Å². The van der Waals surface area contributed by atoms with Gasteiger partial charge in [0.05, 0.1) is 4.88 Å². The third-order valence-electron chi connectivity index (χ3n) is 2.87. The number of fused-ring (bicyclic) bond motifs is 1. The number of carbonyl (C=O) groups excluding carboxylic acids is 1. The molecular weight excluding hydrogens is 291 g/mol. The number of hydrogen-bond donors (Lipinski definition) is 2. The van der Waals surface area contributed by atoms with Crippen molar-refractivity contribution < 1.29 is 23.1 Å². The standard InChI is InChI=1S/C13H12F3NO2S/c1-6-10-7(14)3-2-4-9(10)20-11(6)13(19)17-5-8(18)12(15)16/h2-4,8,12,18H,5H2,1H3,(H,17,19). The van der Waals surface area contributed by atoms with Crippen LogP contribution in [0.15, 0.2) is 18.2 Å². The zero-order chi connectivity index (χ0) is 14.9. The number of rotatable bonds is 4. The van der Waals surface area contributed by atoms with Gasteiger partial charge in [-0.2, -0.15) is 0 Å². The Balaban J connectivity index is 2.23. The molecule has 3 nitrogen and oxygen atoms in total. The Bertz CT molecular complexity index is 642. The lowest BCUT2D eigenvalue weighted by Gasteiger charge is -2.10. The van der Waals surface area contributed by atoms with Crippen molar-refractivity contribution in [1.82, 2.24) is 5.32 Å². The first-order chi connectivity index (χ1) is 9.41. The minimum absolute atomic E-state index is 0.256. The minimum atomic E-state index is -2.92. The molecule has 1 aromatic carbocycles. The Kier molecular flexibility index (Phi) is 4.29. The molecule has 7 heteroatoms. The van der Waals surface area contributed by atoms with E-state index >= 15 is 0 Å².